The van der Waals surface area contributed by atoms with Crippen molar-refractivity contribution in [2.24, 2.45) is 11.8 Å². The van der Waals surface area contributed by atoms with Crippen molar-refractivity contribution in [2.45, 2.75) is 11.7 Å². The van der Waals surface area contributed by atoms with Crippen LogP contribution in [0.4, 0.5) is 5.13 Å². The second-order valence-corrected chi connectivity index (χ2v) is 8.24. The second-order valence-electron chi connectivity index (χ2n) is 6.79. The molecule has 2 N–H and O–H groups in total. The first-order valence-corrected chi connectivity index (χ1v) is 9.18. The van der Waals surface area contributed by atoms with E-state index in [0.29, 0.717) is 5.92 Å². The van der Waals surface area contributed by atoms with Crippen LogP contribution in [0.15, 0.2) is 18.2 Å². The maximum absolute atomic E-state index is 9.80. The Hall–Kier alpha value is -0.920. The fourth-order valence-electron chi connectivity index (χ4n) is 4.47. The standard InChI is InChI=1S/C16H18ClN3O2S/c17-9-1-2-12-14(3-9)23-15(19-12)20-5-11-10(6-21)13-4-18-7-16(11,8-20)22-13/h1-3,10-11,13,18,21H,4-8H2/t10-,11+,13+,16+/m0/s1. The molecule has 0 saturated carbocycles. The number of hydrogen-bond acceptors (Lipinski definition) is 6. The van der Waals surface area contributed by atoms with Crippen molar-refractivity contribution in [3.8, 4) is 0 Å². The molecule has 5 rings (SSSR count). The van der Waals surface area contributed by atoms with E-state index >= 15 is 0 Å². The summed E-state index contributed by atoms with van der Waals surface area (Å²) in [6.45, 7) is 3.64. The van der Waals surface area contributed by atoms with Crippen molar-refractivity contribution in [3.05, 3.63) is 23.2 Å². The zero-order valence-corrected chi connectivity index (χ0v) is 14.1. The number of aliphatic hydroxyl groups is 1. The van der Waals surface area contributed by atoms with Crippen LogP contribution in [0.2, 0.25) is 5.02 Å². The van der Waals surface area contributed by atoms with E-state index in [1.165, 1.54) is 0 Å². The number of fused-ring (bicyclic) bond motifs is 2. The Bertz CT molecular complexity index is 769. The van der Waals surface area contributed by atoms with Crippen LogP contribution >= 0.6 is 22.9 Å². The van der Waals surface area contributed by atoms with Gasteiger partial charge >= 0.3 is 0 Å². The molecule has 122 valence electrons. The molecule has 5 nitrogen and oxygen atoms in total. The molecule has 3 aliphatic heterocycles. The van der Waals surface area contributed by atoms with Gasteiger partial charge in [0.25, 0.3) is 0 Å². The van der Waals surface area contributed by atoms with Crippen molar-refractivity contribution in [1.29, 1.82) is 0 Å². The Balaban J connectivity index is 1.49. The van der Waals surface area contributed by atoms with Gasteiger partial charge in [-0.2, -0.15) is 0 Å². The van der Waals surface area contributed by atoms with Crippen LogP contribution in [-0.2, 0) is 4.74 Å². The van der Waals surface area contributed by atoms with Crippen molar-refractivity contribution in [1.82, 2.24) is 10.3 Å². The van der Waals surface area contributed by atoms with Crippen LogP contribution in [0.5, 0.6) is 0 Å². The van der Waals surface area contributed by atoms with Gasteiger partial charge in [0.2, 0.25) is 0 Å². The summed E-state index contributed by atoms with van der Waals surface area (Å²) in [6.07, 6.45) is 0.148. The number of benzene rings is 1. The minimum absolute atomic E-state index is 0.148. The van der Waals surface area contributed by atoms with Gasteiger partial charge in [0.15, 0.2) is 5.13 Å². The smallest absolute Gasteiger partial charge is 0.186 e. The van der Waals surface area contributed by atoms with Crippen LogP contribution in [0.25, 0.3) is 10.2 Å². The molecule has 1 spiro atoms. The normalized spacial score (nSPS) is 35.9. The lowest BCUT2D eigenvalue weighted by Crippen LogP contribution is -2.52. The average molecular weight is 352 g/mol. The number of nitrogens with one attached hydrogen (secondary N) is 1. The van der Waals surface area contributed by atoms with E-state index in [9.17, 15) is 5.11 Å². The molecule has 4 heterocycles. The van der Waals surface area contributed by atoms with Gasteiger partial charge in [-0.1, -0.05) is 22.9 Å². The Morgan fingerprint density at radius 2 is 2.43 bits per heavy atom. The Morgan fingerprint density at radius 3 is 3.30 bits per heavy atom. The molecular weight excluding hydrogens is 334 g/mol. The summed E-state index contributed by atoms with van der Waals surface area (Å²) in [4.78, 5) is 7.08. The lowest BCUT2D eigenvalue weighted by Gasteiger charge is -2.33. The van der Waals surface area contributed by atoms with Crippen molar-refractivity contribution in [2.75, 3.05) is 37.7 Å². The van der Waals surface area contributed by atoms with E-state index in [1.54, 1.807) is 11.3 Å². The predicted molar refractivity (Wildman–Crippen MR) is 91.4 cm³/mol. The lowest BCUT2D eigenvalue weighted by atomic mass is 9.83. The molecule has 0 unspecified atom stereocenters. The molecule has 7 heteroatoms. The van der Waals surface area contributed by atoms with E-state index in [2.05, 4.69) is 10.2 Å². The highest BCUT2D eigenvalue weighted by atomic mass is 35.5. The van der Waals surface area contributed by atoms with Crippen molar-refractivity contribution >= 4 is 38.3 Å². The summed E-state index contributed by atoms with van der Waals surface area (Å²) < 4.78 is 7.46. The highest BCUT2D eigenvalue weighted by Crippen LogP contribution is 2.48. The summed E-state index contributed by atoms with van der Waals surface area (Å²) in [5.41, 5.74) is 0.814. The number of halogens is 1. The highest BCUT2D eigenvalue weighted by Gasteiger charge is 2.61. The van der Waals surface area contributed by atoms with Crippen LogP contribution in [0, 0.1) is 11.8 Å². The SMILES string of the molecule is OC[C@H]1[C@H]2CN(c3nc4ccc(Cl)cc4s3)C[C@]23CNC[C@H]1O3. The van der Waals surface area contributed by atoms with Crippen molar-refractivity contribution < 1.29 is 9.84 Å². The second kappa shape index (κ2) is 5.04. The fourth-order valence-corrected chi connectivity index (χ4v) is 5.72. The molecule has 2 bridgehead atoms. The van der Waals surface area contributed by atoms with Crippen molar-refractivity contribution in [3.63, 3.8) is 0 Å². The Morgan fingerprint density at radius 1 is 1.52 bits per heavy atom. The number of thiazole rings is 1. The topological polar surface area (TPSA) is 57.6 Å². The number of nitrogens with zero attached hydrogens (tertiary/aromatic N) is 2. The first kappa shape index (κ1) is 14.4. The summed E-state index contributed by atoms with van der Waals surface area (Å²) in [6, 6.07) is 5.82. The molecule has 3 fully saturated rings. The van der Waals surface area contributed by atoms with Gasteiger partial charge in [-0.3, -0.25) is 0 Å². The van der Waals surface area contributed by atoms with E-state index in [4.69, 9.17) is 21.3 Å². The summed E-state index contributed by atoms with van der Waals surface area (Å²) in [5.74, 6) is 0.585. The predicted octanol–water partition coefficient (Wildman–Crippen LogP) is 1.74. The number of morpholine rings is 1. The molecule has 3 saturated heterocycles. The molecule has 0 aliphatic carbocycles. The molecule has 2 aromatic rings. The third-order valence-corrected chi connectivity index (χ3v) is 6.84. The zero-order chi connectivity index (χ0) is 15.6. The van der Waals surface area contributed by atoms with Gasteiger partial charge in [0.1, 0.15) is 5.60 Å². The van der Waals surface area contributed by atoms with Gasteiger partial charge in [0, 0.05) is 43.1 Å². The van der Waals surface area contributed by atoms with E-state index < -0.39 is 0 Å². The summed E-state index contributed by atoms with van der Waals surface area (Å²) in [7, 11) is 0. The first-order valence-electron chi connectivity index (χ1n) is 7.99. The van der Waals surface area contributed by atoms with Crippen LogP contribution in [-0.4, -0.2) is 54.6 Å². The van der Waals surface area contributed by atoms with Gasteiger partial charge in [-0.15, -0.1) is 0 Å². The molecule has 3 aliphatic rings. The quantitative estimate of drug-likeness (QED) is 0.863. The van der Waals surface area contributed by atoms with Gasteiger partial charge in [-0.05, 0) is 18.2 Å². The molecule has 0 radical (unpaired) electrons. The number of aliphatic hydroxyl groups excluding tert-OH is 1. The molecule has 1 aromatic carbocycles. The van der Waals surface area contributed by atoms with Gasteiger partial charge in [-0.25, -0.2) is 4.98 Å². The van der Waals surface area contributed by atoms with Gasteiger partial charge < -0.3 is 20.1 Å². The first-order chi connectivity index (χ1) is 11.2. The number of hydrogen-bond donors (Lipinski definition) is 2. The van der Waals surface area contributed by atoms with Crippen LogP contribution in [0.3, 0.4) is 0 Å². The zero-order valence-electron chi connectivity index (χ0n) is 12.5. The highest BCUT2D eigenvalue weighted by molar-refractivity contribution is 7.22. The Labute approximate surface area is 143 Å². The Kier molecular flexibility index (Phi) is 3.16. The maximum Gasteiger partial charge on any atom is 0.186 e. The van der Waals surface area contributed by atoms with Crippen LogP contribution in [0.1, 0.15) is 0 Å². The number of anilines is 1. The number of rotatable bonds is 2. The van der Waals surface area contributed by atoms with E-state index in [0.717, 1.165) is 46.5 Å². The maximum atomic E-state index is 9.80. The summed E-state index contributed by atoms with van der Waals surface area (Å²) in [5, 5.41) is 15.1. The van der Waals surface area contributed by atoms with Crippen LogP contribution < -0.4 is 10.2 Å². The lowest BCUT2D eigenvalue weighted by molar-refractivity contribution is -0.0653. The third-order valence-electron chi connectivity index (χ3n) is 5.52. The number of ether oxygens (including phenoxy) is 1. The number of aromatic nitrogens is 1. The fraction of sp³-hybridized carbons (Fsp3) is 0.562. The molecule has 23 heavy (non-hydrogen) atoms. The molecule has 0 amide bonds. The minimum atomic E-state index is -0.175. The largest absolute Gasteiger partial charge is 0.396 e. The average Bonchev–Trinajstić information content (AvgIpc) is 3.15. The third kappa shape index (κ3) is 2.06. The molecular formula is C16H18ClN3O2S. The monoisotopic (exact) mass is 351 g/mol. The molecule has 1 aromatic heterocycles. The molecule has 4 atom stereocenters. The van der Waals surface area contributed by atoms with E-state index in [-0.39, 0.29) is 24.2 Å². The van der Waals surface area contributed by atoms with E-state index in [1.807, 2.05) is 18.2 Å². The summed E-state index contributed by atoms with van der Waals surface area (Å²) >= 11 is 7.76. The minimum Gasteiger partial charge on any atom is -0.396 e. The van der Waals surface area contributed by atoms with Gasteiger partial charge in [0.05, 0.1) is 22.9 Å².